The van der Waals surface area contributed by atoms with Crippen molar-refractivity contribution in [3.8, 4) is 0 Å². The van der Waals surface area contributed by atoms with Crippen LogP contribution in [0.15, 0.2) is 42.6 Å². The monoisotopic (exact) mass is 370 g/mol. The summed E-state index contributed by atoms with van der Waals surface area (Å²) >= 11 is 0. The zero-order valence-corrected chi connectivity index (χ0v) is 15.4. The fraction of sp³-hybridized carbons (Fsp3) is 0.250. The maximum Gasteiger partial charge on any atom is 0.253 e. The van der Waals surface area contributed by atoms with Crippen LogP contribution in [0.25, 0.3) is 11.0 Å². The maximum atomic E-state index is 13.5. The fourth-order valence-corrected chi connectivity index (χ4v) is 2.74. The minimum atomic E-state index is -0.946. The fourth-order valence-electron chi connectivity index (χ4n) is 2.74. The number of nitrogens with zero attached hydrogens (tertiary/aromatic N) is 4. The number of hydrogen-bond donors (Lipinski definition) is 0. The number of carbonyl (C=O) groups excluding carboxylic acids is 1. The molecule has 5 nitrogen and oxygen atoms in total. The van der Waals surface area contributed by atoms with Crippen LogP contribution in [0.1, 0.15) is 22.8 Å². The van der Waals surface area contributed by atoms with E-state index >= 15 is 0 Å². The van der Waals surface area contributed by atoms with Gasteiger partial charge in [0.05, 0.1) is 17.2 Å². The van der Waals surface area contributed by atoms with E-state index in [4.69, 9.17) is 0 Å². The van der Waals surface area contributed by atoms with Crippen LogP contribution in [0.4, 0.5) is 14.6 Å². The highest BCUT2D eigenvalue weighted by atomic mass is 19.2. The lowest BCUT2D eigenvalue weighted by Gasteiger charge is -2.22. The molecule has 3 aromatic rings. The van der Waals surface area contributed by atoms with Gasteiger partial charge in [-0.3, -0.25) is 9.78 Å². The molecule has 0 bridgehead atoms. The molecule has 1 aromatic heterocycles. The molecule has 0 N–H and O–H groups in total. The standard InChI is InChI=1S/C20H20F2N4O/c1-4-26(12-13-5-7-14(8-6-13)20(27)25(2)3)19-11-23-17-9-15(21)16(22)10-18(17)24-19/h5-11H,4,12H2,1-3H3. The van der Waals surface area contributed by atoms with Gasteiger partial charge >= 0.3 is 0 Å². The minimum Gasteiger partial charge on any atom is -0.351 e. The van der Waals surface area contributed by atoms with E-state index in [-0.39, 0.29) is 5.91 Å². The molecular weight excluding hydrogens is 350 g/mol. The van der Waals surface area contributed by atoms with Gasteiger partial charge in [0.15, 0.2) is 11.6 Å². The number of anilines is 1. The van der Waals surface area contributed by atoms with Gasteiger partial charge in [0, 0.05) is 44.9 Å². The van der Waals surface area contributed by atoms with Gasteiger partial charge in [-0.05, 0) is 24.6 Å². The van der Waals surface area contributed by atoms with Crippen molar-refractivity contribution in [3.05, 3.63) is 65.4 Å². The van der Waals surface area contributed by atoms with Gasteiger partial charge in [-0.1, -0.05) is 12.1 Å². The van der Waals surface area contributed by atoms with E-state index < -0.39 is 11.6 Å². The van der Waals surface area contributed by atoms with Gasteiger partial charge in [-0.25, -0.2) is 13.8 Å². The number of rotatable bonds is 5. The van der Waals surface area contributed by atoms with Crippen LogP contribution >= 0.6 is 0 Å². The zero-order chi connectivity index (χ0) is 19.6. The molecule has 0 radical (unpaired) electrons. The van der Waals surface area contributed by atoms with E-state index in [1.165, 1.54) is 4.90 Å². The molecule has 140 valence electrons. The van der Waals surface area contributed by atoms with Gasteiger partial charge in [-0.2, -0.15) is 0 Å². The van der Waals surface area contributed by atoms with Crippen LogP contribution in [-0.2, 0) is 6.54 Å². The highest BCUT2D eigenvalue weighted by Crippen LogP contribution is 2.20. The summed E-state index contributed by atoms with van der Waals surface area (Å²) in [6, 6.07) is 9.45. The first-order valence-electron chi connectivity index (χ1n) is 8.56. The first kappa shape index (κ1) is 18.7. The topological polar surface area (TPSA) is 49.3 Å². The van der Waals surface area contributed by atoms with Gasteiger partial charge < -0.3 is 9.80 Å². The molecule has 2 aromatic carbocycles. The van der Waals surface area contributed by atoms with Crippen LogP contribution in [0.5, 0.6) is 0 Å². The molecular formula is C20H20F2N4O. The van der Waals surface area contributed by atoms with E-state index in [0.29, 0.717) is 35.5 Å². The summed E-state index contributed by atoms with van der Waals surface area (Å²) in [5, 5.41) is 0. The van der Waals surface area contributed by atoms with E-state index in [1.807, 2.05) is 24.0 Å². The Kier molecular flexibility index (Phi) is 5.30. The number of hydrogen-bond acceptors (Lipinski definition) is 4. The summed E-state index contributed by atoms with van der Waals surface area (Å²) in [7, 11) is 3.42. The van der Waals surface area contributed by atoms with E-state index in [2.05, 4.69) is 9.97 Å². The lowest BCUT2D eigenvalue weighted by molar-refractivity contribution is 0.0827. The Morgan fingerprint density at radius 1 is 1.04 bits per heavy atom. The number of halogens is 2. The molecule has 1 amide bonds. The molecule has 0 aliphatic rings. The highest BCUT2D eigenvalue weighted by molar-refractivity contribution is 5.93. The summed E-state index contributed by atoms with van der Waals surface area (Å²) in [6.45, 7) is 3.18. The largest absolute Gasteiger partial charge is 0.351 e. The van der Waals surface area contributed by atoms with Crippen molar-refractivity contribution in [1.29, 1.82) is 0 Å². The zero-order valence-electron chi connectivity index (χ0n) is 15.4. The van der Waals surface area contributed by atoms with Crippen molar-refractivity contribution >= 4 is 22.8 Å². The molecule has 0 aliphatic carbocycles. The van der Waals surface area contributed by atoms with Crippen LogP contribution < -0.4 is 4.90 Å². The van der Waals surface area contributed by atoms with Gasteiger partial charge in [0.1, 0.15) is 5.82 Å². The third-order valence-electron chi connectivity index (χ3n) is 4.26. The van der Waals surface area contributed by atoms with Crippen molar-refractivity contribution in [3.63, 3.8) is 0 Å². The molecule has 0 fully saturated rings. The Bertz CT molecular complexity index is 974. The summed E-state index contributed by atoms with van der Waals surface area (Å²) in [4.78, 5) is 24.1. The van der Waals surface area contributed by atoms with Crippen molar-refractivity contribution in [2.75, 3.05) is 25.5 Å². The van der Waals surface area contributed by atoms with Crippen LogP contribution in [0.2, 0.25) is 0 Å². The molecule has 0 saturated carbocycles. The average Bonchev–Trinajstić information content (AvgIpc) is 2.66. The van der Waals surface area contributed by atoms with Crippen LogP contribution in [-0.4, -0.2) is 41.4 Å². The first-order valence-corrected chi connectivity index (χ1v) is 8.56. The Balaban J connectivity index is 1.84. The second-order valence-corrected chi connectivity index (χ2v) is 6.39. The summed E-state index contributed by atoms with van der Waals surface area (Å²) in [5.41, 5.74) is 2.23. The number of carbonyl (C=O) groups is 1. The smallest absolute Gasteiger partial charge is 0.253 e. The average molecular weight is 370 g/mol. The minimum absolute atomic E-state index is 0.0523. The quantitative estimate of drug-likeness (QED) is 0.688. The lowest BCUT2D eigenvalue weighted by atomic mass is 10.1. The molecule has 0 unspecified atom stereocenters. The van der Waals surface area contributed by atoms with E-state index in [1.54, 1.807) is 32.4 Å². The number of aromatic nitrogens is 2. The van der Waals surface area contributed by atoms with Crippen molar-refractivity contribution in [2.24, 2.45) is 0 Å². The Hall–Kier alpha value is -3.09. The predicted octanol–water partition coefficient (Wildman–Crippen LogP) is 3.64. The molecule has 0 aliphatic heterocycles. The second-order valence-electron chi connectivity index (χ2n) is 6.39. The van der Waals surface area contributed by atoms with Crippen molar-refractivity contribution in [2.45, 2.75) is 13.5 Å². The lowest BCUT2D eigenvalue weighted by Crippen LogP contribution is -2.24. The molecule has 0 saturated heterocycles. The summed E-state index contributed by atoms with van der Waals surface area (Å²) in [5.74, 6) is -1.37. The first-order chi connectivity index (χ1) is 12.9. The second kappa shape index (κ2) is 7.65. The Morgan fingerprint density at radius 3 is 2.26 bits per heavy atom. The number of amides is 1. The third kappa shape index (κ3) is 4.02. The molecule has 0 atom stereocenters. The molecule has 7 heteroatoms. The van der Waals surface area contributed by atoms with Crippen LogP contribution in [0.3, 0.4) is 0 Å². The summed E-state index contributed by atoms with van der Waals surface area (Å²) < 4.78 is 26.8. The van der Waals surface area contributed by atoms with E-state index in [0.717, 1.165) is 17.7 Å². The van der Waals surface area contributed by atoms with Gasteiger partial charge in [-0.15, -0.1) is 0 Å². The van der Waals surface area contributed by atoms with Crippen LogP contribution in [0, 0.1) is 11.6 Å². The maximum absolute atomic E-state index is 13.5. The van der Waals surface area contributed by atoms with Crippen molar-refractivity contribution < 1.29 is 13.6 Å². The molecule has 1 heterocycles. The Morgan fingerprint density at radius 2 is 1.67 bits per heavy atom. The highest BCUT2D eigenvalue weighted by Gasteiger charge is 2.12. The predicted molar refractivity (Wildman–Crippen MR) is 101 cm³/mol. The normalized spacial score (nSPS) is 10.9. The number of benzene rings is 2. The summed E-state index contributed by atoms with van der Waals surface area (Å²) in [6.07, 6.45) is 1.55. The van der Waals surface area contributed by atoms with Gasteiger partial charge in [0.2, 0.25) is 0 Å². The Labute approximate surface area is 156 Å². The molecule has 27 heavy (non-hydrogen) atoms. The molecule has 0 spiro atoms. The third-order valence-corrected chi connectivity index (χ3v) is 4.26. The van der Waals surface area contributed by atoms with Crippen molar-refractivity contribution in [1.82, 2.24) is 14.9 Å². The van der Waals surface area contributed by atoms with E-state index in [9.17, 15) is 13.6 Å². The van der Waals surface area contributed by atoms with Gasteiger partial charge in [0.25, 0.3) is 5.91 Å². The number of fused-ring (bicyclic) bond motifs is 1. The molecule has 3 rings (SSSR count). The SMILES string of the molecule is CCN(Cc1ccc(C(=O)N(C)C)cc1)c1cnc2cc(F)c(F)cc2n1.